The Morgan fingerprint density at radius 2 is 2.25 bits per heavy atom. The zero-order chi connectivity index (χ0) is 11.5. The number of halogens is 1. The van der Waals surface area contributed by atoms with Crippen molar-refractivity contribution in [3.63, 3.8) is 0 Å². The van der Waals surface area contributed by atoms with Crippen LogP contribution < -0.4 is 4.74 Å². The zero-order valence-corrected chi connectivity index (χ0v) is 10.9. The molecule has 84 valence electrons. The van der Waals surface area contributed by atoms with Crippen LogP contribution in [0.2, 0.25) is 0 Å². The van der Waals surface area contributed by atoms with Crippen LogP contribution >= 0.6 is 15.9 Å². The van der Waals surface area contributed by atoms with Crippen LogP contribution in [0.5, 0.6) is 11.8 Å². The number of ether oxygens (including phenoxy) is 1. The van der Waals surface area contributed by atoms with Crippen LogP contribution in [0.3, 0.4) is 0 Å². The predicted molar refractivity (Wildman–Crippen MR) is 66.9 cm³/mol. The number of benzene rings is 1. The summed E-state index contributed by atoms with van der Waals surface area (Å²) >= 11 is 3.48. The summed E-state index contributed by atoms with van der Waals surface area (Å²) in [7, 11) is 0. The second-order valence-corrected chi connectivity index (χ2v) is 4.39. The normalized spacial score (nSPS) is 10.4. The third kappa shape index (κ3) is 2.27. The summed E-state index contributed by atoms with van der Waals surface area (Å²) in [6, 6.07) is 6.59. The average molecular weight is 281 g/mol. The Bertz CT molecular complexity index is 494. The van der Waals surface area contributed by atoms with E-state index in [0.29, 0.717) is 6.01 Å². The van der Waals surface area contributed by atoms with Gasteiger partial charge in [0.05, 0.1) is 4.47 Å². The molecule has 4 heteroatoms. The molecular weight excluding hydrogens is 268 g/mol. The van der Waals surface area contributed by atoms with Crippen LogP contribution in [0.4, 0.5) is 0 Å². The van der Waals surface area contributed by atoms with E-state index in [1.165, 1.54) is 5.56 Å². The quantitative estimate of drug-likeness (QED) is 0.856. The van der Waals surface area contributed by atoms with Gasteiger partial charge in [0, 0.05) is 18.9 Å². The second kappa shape index (κ2) is 4.70. The van der Waals surface area contributed by atoms with Gasteiger partial charge in [0.15, 0.2) is 0 Å². The lowest BCUT2D eigenvalue weighted by atomic mass is 10.2. The molecule has 2 rings (SSSR count). The van der Waals surface area contributed by atoms with Crippen molar-refractivity contribution in [1.29, 1.82) is 0 Å². The second-order valence-electron chi connectivity index (χ2n) is 3.53. The van der Waals surface area contributed by atoms with Gasteiger partial charge in [-0.25, -0.2) is 4.98 Å². The minimum Gasteiger partial charge on any atom is -0.424 e. The topological polar surface area (TPSA) is 27.1 Å². The molecule has 1 aromatic heterocycles. The lowest BCUT2D eigenvalue weighted by Crippen LogP contribution is -1.97. The fourth-order valence-electron chi connectivity index (χ4n) is 1.43. The molecule has 0 bridgehead atoms. The van der Waals surface area contributed by atoms with Crippen molar-refractivity contribution in [2.24, 2.45) is 0 Å². The molecule has 16 heavy (non-hydrogen) atoms. The highest BCUT2D eigenvalue weighted by Gasteiger charge is 2.06. The Hall–Kier alpha value is -1.29. The lowest BCUT2D eigenvalue weighted by molar-refractivity contribution is 0.413. The highest BCUT2D eigenvalue weighted by atomic mass is 79.9. The van der Waals surface area contributed by atoms with E-state index >= 15 is 0 Å². The molecule has 1 heterocycles. The molecule has 2 aromatic rings. The Balaban J connectivity index is 2.27. The van der Waals surface area contributed by atoms with Crippen LogP contribution in [0.25, 0.3) is 0 Å². The van der Waals surface area contributed by atoms with E-state index in [2.05, 4.69) is 27.8 Å². The standard InChI is InChI=1S/C12H13BrN2O/c1-3-15-7-6-14-12(15)16-11-5-4-9(2)8-10(11)13/h4-8H,3H2,1-2H3. The number of aryl methyl sites for hydroxylation is 2. The fraction of sp³-hybridized carbons (Fsp3) is 0.250. The highest BCUT2D eigenvalue weighted by molar-refractivity contribution is 9.10. The van der Waals surface area contributed by atoms with E-state index in [4.69, 9.17) is 4.74 Å². The minimum absolute atomic E-state index is 0.618. The maximum absolute atomic E-state index is 5.73. The van der Waals surface area contributed by atoms with Crippen molar-refractivity contribution < 1.29 is 4.74 Å². The molecule has 0 amide bonds. The fourth-order valence-corrected chi connectivity index (χ4v) is 2.00. The van der Waals surface area contributed by atoms with E-state index in [-0.39, 0.29) is 0 Å². The van der Waals surface area contributed by atoms with Crippen molar-refractivity contribution in [3.05, 3.63) is 40.6 Å². The first-order valence-corrected chi connectivity index (χ1v) is 5.95. The maximum atomic E-state index is 5.73. The summed E-state index contributed by atoms with van der Waals surface area (Å²) < 4.78 is 8.62. The molecule has 0 aliphatic rings. The largest absolute Gasteiger partial charge is 0.424 e. The van der Waals surface area contributed by atoms with Crippen molar-refractivity contribution in [2.75, 3.05) is 0 Å². The predicted octanol–water partition coefficient (Wildman–Crippen LogP) is 3.77. The first-order chi connectivity index (χ1) is 7.70. The van der Waals surface area contributed by atoms with Gasteiger partial charge in [-0.1, -0.05) is 6.07 Å². The molecule has 0 fully saturated rings. The monoisotopic (exact) mass is 280 g/mol. The smallest absolute Gasteiger partial charge is 0.301 e. The van der Waals surface area contributed by atoms with Gasteiger partial charge in [-0.05, 0) is 47.5 Å². The van der Waals surface area contributed by atoms with Gasteiger partial charge in [-0.15, -0.1) is 0 Å². The van der Waals surface area contributed by atoms with Gasteiger partial charge in [-0.2, -0.15) is 0 Å². The van der Waals surface area contributed by atoms with E-state index < -0.39 is 0 Å². The zero-order valence-electron chi connectivity index (χ0n) is 9.27. The van der Waals surface area contributed by atoms with Crippen LogP contribution in [-0.4, -0.2) is 9.55 Å². The first-order valence-electron chi connectivity index (χ1n) is 5.16. The summed E-state index contributed by atoms with van der Waals surface area (Å²) in [5, 5.41) is 0. The SMILES string of the molecule is CCn1ccnc1Oc1ccc(C)cc1Br. The summed E-state index contributed by atoms with van der Waals surface area (Å²) in [4.78, 5) is 4.17. The molecule has 0 radical (unpaired) electrons. The third-order valence-corrected chi connectivity index (χ3v) is 2.93. The molecule has 0 aliphatic carbocycles. The Morgan fingerprint density at radius 3 is 2.94 bits per heavy atom. The van der Waals surface area contributed by atoms with E-state index in [1.54, 1.807) is 6.20 Å². The summed E-state index contributed by atoms with van der Waals surface area (Å²) in [6.07, 6.45) is 3.64. The van der Waals surface area contributed by atoms with Crippen LogP contribution in [-0.2, 0) is 6.54 Å². The maximum Gasteiger partial charge on any atom is 0.301 e. The van der Waals surface area contributed by atoms with Crippen LogP contribution in [0.15, 0.2) is 35.1 Å². The van der Waals surface area contributed by atoms with Crippen LogP contribution in [0, 0.1) is 6.92 Å². The third-order valence-electron chi connectivity index (χ3n) is 2.31. The number of rotatable bonds is 3. The van der Waals surface area contributed by atoms with Gasteiger partial charge in [0.25, 0.3) is 0 Å². The number of hydrogen-bond donors (Lipinski definition) is 0. The van der Waals surface area contributed by atoms with Gasteiger partial charge >= 0.3 is 6.01 Å². The number of imidazole rings is 1. The minimum atomic E-state index is 0.618. The molecule has 0 aliphatic heterocycles. The number of aromatic nitrogens is 2. The van der Waals surface area contributed by atoms with E-state index in [1.807, 2.05) is 35.9 Å². The molecule has 0 unspecified atom stereocenters. The van der Waals surface area contributed by atoms with E-state index in [9.17, 15) is 0 Å². The van der Waals surface area contributed by atoms with Gasteiger partial charge in [0.1, 0.15) is 5.75 Å². The molecule has 0 atom stereocenters. The van der Waals surface area contributed by atoms with Gasteiger partial charge in [-0.3, -0.25) is 0 Å². The number of nitrogens with zero attached hydrogens (tertiary/aromatic N) is 2. The molecule has 0 spiro atoms. The molecule has 0 saturated heterocycles. The van der Waals surface area contributed by atoms with E-state index in [0.717, 1.165) is 16.8 Å². The summed E-state index contributed by atoms with van der Waals surface area (Å²) in [5.41, 5.74) is 1.19. The van der Waals surface area contributed by atoms with Crippen molar-refractivity contribution in [2.45, 2.75) is 20.4 Å². The summed E-state index contributed by atoms with van der Waals surface area (Å²) in [6.45, 7) is 4.94. The van der Waals surface area contributed by atoms with Gasteiger partial charge in [0.2, 0.25) is 0 Å². The Morgan fingerprint density at radius 1 is 1.44 bits per heavy atom. The Kier molecular flexibility index (Phi) is 3.29. The van der Waals surface area contributed by atoms with Crippen molar-refractivity contribution >= 4 is 15.9 Å². The van der Waals surface area contributed by atoms with Crippen molar-refractivity contribution in [3.8, 4) is 11.8 Å². The van der Waals surface area contributed by atoms with Crippen LogP contribution in [0.1, 0.15) is 12.5 Å². The van der Waals surface area contributed by atoms with Gasteiger partial charge < -0.3 is 9.30 Å². The van der Waals surface area contributed by atoms with Crippen molar-refractivity contribution in [1.82, 2.24) is 9.55 Å². The molecule has 3 nitrogen and oxygen atoms in total. The molecule has 0 N–H and O–H groups in total. The summed E-state index contributed by atoms with van der Waals surface area (Å²) in [5.74, 6) is 0.784. The molecule has 0 saturated carbocycles. The number of hydrogen-bond acceptors (Lipinski definition) is 2. The first kappa shape index (κ1) is 11.2. The average Bonchev–Trinajstić information content (AvgIpc) is 2.69. The highest BCUT2D eigenvalue weighted by Crippen LogP contribution is 2.29. The molecule has 1 aromatic carbocycles. The Labute approximate surface area is 103 Å². The molecular formula is C12H13BrN2O. The lowest BCUT2D eigenvalue weighted by Gasteiger charge is -2.08.